The summed E-state index contributed by atoms with van der Waals surface area (Å²) in [6.45, 7) is 1.92. The predicted molar refractivity (Wildman–Crippen MR) is 85.7 cm³/mol. The third kappa shape index (κ3) is 2.23. The molecule has 0 aliphatic heterocycles. The molecule has 4 aromatic rings. The molecule has 0 spiro atoms. The number of hydrogen-bond acceptors (Lipinski definition) is 5. The lowest BCUT2D eigenvalue weighted by molar-refractivity contribution is 0.628. The van der Waals surface area contributed by atoms with Gasteiger partial charge in [-0.15, -0.1) is 11.3 Å². The van der Waals surface area contributed by atoms with Crippen molar-refractivity contribution in [3.05, 3.63) is 51.6 Å². The lowest BCUT2D eigenvalue weighted by Crippen LogP contribution is -2.09. The second kappa shape index (κ2) is 5.10. The summed E-state index contributed by atoms with van der Waals surface area (Å²) in [6, 6.07) is 6.08. The van der Waals surface area contributed by atoms with E-state index in [-0.39, 0.29) is 11.4 Å². The first-order chi connectivity index (χ1) is 11.1. The summed E-state index contributed by atoms with van der Waals surface area (Å²) in [5.74, 6) is 0.427. The summed E-state index contributed by atoms with van der Waals surface area (Å²) < 4.78 is 13.1. The van der Waals surface area contributed by atoms with Gasteiger partial charge in [0.05, 0.1) is 5.39 Å². The molecule has 0 atom stereocenters. The van der Waals surface area contributed by atoms with Gasteiger partial charge in [-0.25, -0.2) is 14.4 Å². The van der Waals surface area contributed by atoms with Gasteiger partial charge in [0, 0.05) is 10.4 Å². The van der Waals surface area contributed by atoms with Crippen LogP contribution in [0.2, 0.25) is 0 Å². The van der Waals surface area contributed by atoms with Gasteiger partial charge in [0.15, 0.2) is 11.6 Å². The van der Waals surface area contributed by atoms with Crippen LogP contribution in [0.3, 0.4) is 0 Å². The number of nitrogens with one attached hydrogen (secondary N) is 2. The number of benzene rings is 1. The topological polar surface area (TPSA) is 87.3 Å². The number of fused-ring (bicyclic) bond motifs is 1. The average molecular weight is 327 g/mol. The third-order valence-corrected chi connectivity index (χ3v) is 4.51. The van der Waals surface area contributed by atoms with Gasteiger partial charge in [-0.2, -0.15) is 5.10 Å². The van der Waals surface area contributed by atoms with Crippen LogP contribution < -0.4 is 5.56 Å². The van der Waals surface area contributed by atoms with E-state index in [1.165, 1.54) is 29.8 Å². The number of nitrogens with zero attached hydrogens (tertiary/aromatic N) is 3. The Hall–Kier alpha value is -2.87. The number of H-pyrrole nitrogens is 2. The Morgan fingerprint density at radius 3 is 2.65 bits per heavy atom. The molecular weight excluding hydrogens is 317 g/mol. The van der Waals surface area contributed by atoms with Crippen LogP contribution in [0, 0.1) is 12.7 Å². The molecule has 0 amide bonds. The number of hydrogen-bond donors (Lipinski definition) is 2. The maximum absolute atomic E-state index is 13.1. The summed E-state index contributed by atoms with van der Waals surface area (Å²) in [5, 5.41) is 6.93. The zero-order chi connectivity index (χ0) is 16.0. The summed E-state index contributed by atoms with van der Waals surface area (Å²) in [7, 11) is 0. The van der Waals surface area contributed by atoms with Gasteiger partial charge in [-0.1, -0.05) is 12.1 Å². The van der Waals surface area contributed by atoms with Gasteiger partial charge in [-0.3, -0.25) is 9.89 Å². The maximum atomic E-state index is 13.1. The first kappa shape index (κ1) is 13.8. The molecule has 0 aliphatic rings. The molecule has 0 saturated heterocycles. The number of halogens is 1. The molecule has 0 fully saturated rings. The third-order valence-electron chi connectivity index (χ3n) is 3.51. The average Bonchev–Trinajstić information content (AvgIpc) is 3.15. The Balaban J connectivity index is 1.98. The van der Waals surface area contributed by atoms with E-state index >= 15 is 0 Å². The monoisotopic (exact) mass is 327 g/mol. The highest BCUT2D eigenvalue weighted by Gasteiger charge is 2.17. The van der Waals surface area contributed by atoms with Crippen LogP contribution in [-0.4, -0.2) is 25.1 Å². The Kier molecular flexibility index (Phi) is 3.05. The molecule has 1 aromatic carbocycles. The van der Waals surface area contributed by atoms with Crippen molar-refractivity contribution in [2.75, 3.05) is 0 Å². The fourth-order valence-corrected chi connectivity index (χ4v) is 3.56. The number of aromatic amines is 2. The van der Waals surface area contributed by atoms with Gasteiger partial charge in [0.2, 0.25) is 0 Å². The highest BCUT2D eigenvalue weighted by atomic mass is 32.1. The zero-order valence-electron chi connectivity index (χ0n) is 11.9. The predicted octanol–water partition coefficient (Wildman–Crippen LogP) is 2.88. The number of thiophene rings is 1. The minimum absolute atomic E-state index is 0.259. The van der Waals surface area contributed by atoms with E-state index in [0.717, 1.165) is 16.0 Å². The van der Waals surface area contributed by atoms with Crippen LogP contribution in [0.15, 0.2) is 35.4 Å². The Bertz CT molecular complexity index is 1050. The molecule has 2 N–H and O–H groups in total. The zero-order valence-corrected chi connectivity index (χ0v) is 12.7. The number of rotatable bonds is 2. The van der Waals surface area contributed by atoms with Crippen LogP contribution in [-0.2, 0) is 0 Å². The van der Waals surface area contributed by atoms with E-state index in [1.807, 2.05) is 6.92 Å². The van der Waals surface area contributed by atoms with E-state index < -0.39 is 0 Å². The highest BCUT2D eigenvalue weighted by molar-refractivity contribution is 7.19. The number of aromatic nitrogens is 5. The minimum atomic E-state index is -0.314. The Morgan fingerprint density at radius 1 is 1.17 bits per heavy atom. The van der Waals surface area contributed by atoms with Crippen molar-refractivity contribution in [1.82, 2.24) is 25.1 Å². The molecule has 0 saturated carbocycles. The quantitative estimate of drug-likeness (QED) is 0.592. The second-order valence-corrected chi connectivity index (χ2v) is 6.17. The lowest BCUT2D eigenvalue weighted by atomic mass is 10.0. The van der Waals surface area contributed by atoms with Crippen molar-refractivity contribution in [3.63, 3.8) is 0 Å². The number of aryl methyl sites for hydroxylation is 1. The summed E-state index contributed by atoms with van der Waals surface area (Å²) >= 11 is 1.42. The van der Waals surface area contributed by atoms with Gasteiger partial charge < -0.3 is 4.98 Å². The Labute approximate surface area is 133 Å². The molecule has 23 heavy (non-hydrogen) atoms. The normalized spacial score (nSPS) is 11.2. The van der Waals surface area contributed by atoms with Crippen molar-refractivity contribution >= 4 is 21.6 Å². The first-order valence-electron chi connectivity index (χ1n) is 6.78. The molecule has 0 radical (unpaired) electrons. The molecule has 3 aromatic heterocycles. The SMILES string of the molecule is Cc1sc2nc(-c3ncn[nH]3)[nH]c(=O)c2c1-c1ccc(F)cc1. The van der Waals surface area contributed by atoms with Gasteiger partial charge in [0.1, 0.15) is 17.0 Å². The van der Waals surface area contributed by atoms with Crippen molar-refractivity contribution in [3.8, 4) is 22.8 Å². The van der Waals surface area contributed by atoms with Crippen LogP contribution >= 0.6 is 11.3 Å². The molecular formula is C15H10FN5OS. The summed E-state index contributed by atoms with van der Waals surface area (Å²) in [5.41, 5.74) is 1.31. The van der Waals surface area contributed by atoms with Gasteiger partial charge >= 0.3 is 0 Å². The molecule has 3 heterocycles. The van der Waals surface area contributed by atoms with E-state index in [9.17, 15) is 9.18 Å². The minimum Gasteiger partial charge on any atom is -0.303 e. The fourth-order valence-electron chi connectivity index (χ4n) is 2.51. The smallest absolute Gasteiger partial charge is 0.260 e. The standard InChI is InChI=1S/C15H10FN5OS/c1-7-10(8-2-4-9(16)5-3-8)11-14(22)19-13(20-15(11)23-7)12-17-6-18-21-12/h2-6H,1H3,(H,17,18,21)(H,19,20,22). The molecule has 114 valence electrons. The van der Waals surface area contributed by atoms with Crippen molar-refractivity contribution in [1.29, 1.82) is 0 Å². The molecule has 0 bridgehead atoms. The van der Waals surface area contributed by atoms with Crippen LogP contribution in [0.4, 0.5) is 4.39 Å². The maximum Gasteiger partial charge on any atom is 0.260 e. The van der Waals surface area contributed by atoms with Crippen molar-refractivity contribution < 1.29 is 4.39 Å². The molecule has 0 unspecified atom stereocenters. The highest BCUT2D eigenvalue weighted by Crippen LogP contribution is 2.35. The van der Waals surface area contributed by atoms with Crippen LogP contribution in [0.1, 0.15) is 4.88 Å². The summed E-state index contributed by atoms with van der Waals surface area (Å²) in [6.07, 6.45) is 1.35. The van der Waals surface area contributed by atoms with E-state index in [1.54, 1.807) is 12.1 Å². The molecule has 8 heteroatoms. The van der Waals surface area contributed by atoms with Crippen LogP contribution in [0.5, 0.6) is 0 Å². The molecule has 4 rings (SSSR count). The fraction of sp³-hybridized carbons (Fsp3) is 0.0667. The Morgan fingerprint density at radius 2 is 1.96 bits per heavy atom. The van der Waals surface area contributed by atoms with Crippen molar-refractivity contribution in [2.45, 2.75) is 6.92 Å². The second-order valence-electron chi connectivity index (χ2n) is 4.97. The van der Waals surface area contributed by atoms with Gasteiger partial charge in [-0.05, 0) is 24.6 Å². The van der Waals surface area contributed by atoms with Crippen LogP contribution in [0.25, 0.3) is 33.0 Å². The van der Waals surface area contributed by atoms with E-state index in [0.29, 0.717) is 21.9 Å². The van der Waals surface area contributed by atoms with Crippen molar-refractivity contribution in [2.24, 2.45) is 0 Å². The first-order valence-corrected chi connectivity index (χ1v) is 7.60. The van der Waals surface area contributed by atoms with Gasteiger partial charge in [0.25, 0.3) is 5.56 Å². The van der Waals surface area contributed by atoms with E-state index in [4.69, 9.17) is 0 Å². The lowest BCUT2D eigenvalue weighted by Gasteiger charge is -2.02. The summed E-state index contributed by atoms with van der Waals surface area (Å²) in [4.78, 5) is 25.3. The van der Waals surface area contributed by atoms with E-state index in [2.05, 4.69) is 25.1 Å². The molecule has 6 nitrogen and oxygen atoms in total. The largest absolute Gasteiger partial charge is 0.303 e. The molecule has 0 aliphatic carbocycles.